The van der Waals surface area contributed by atoms with E-state index in [1.165, 1.54) is 174 Å². The van der Waals surface area contributed by atoms with Gasteiger partial charge in [0.25, 0.3) is 23.6 Å². The average molecular weight is 1860 g/mol. The SMILES string of the molecule is CN1C[C@@](C)(c2cc(NC(=O)c3ccn(C)n3)ccc2F)N=C(N)C(C)(C)S1(=O)=O.CN1C[C@@](C)(c2cc(NC(=O)c3ncc(Cl)cc3F)ccc2F)N=C(N)C(C)(C)S1(=O)=O.Cc1cc(C(=O)Nc2ccc(F)c([C@]3(C)CN(C)S(=O)(=O)C(C)(C)C(N)=N3)c2)on1.[C-]#[N+]c1ccn2cc(C(=O)Nc3ccc(F)c([C@]4(C)CN(C)S(=O)(=O)C(C)(C)C(N)=N4)c3)nc2c1. The van der Waals surface area contributed by atoms with Gasteiger partial charge in [-0.3, -0.25) is 43.8 Å². The third-order valence-corrected chi connectivity index (χ3v) is 32.1. The lowest BCUT2D eigenvalue weighted by Crippen LogP contribution is -2.50. The number of pyridine rings is 2. The van der Waals surface area contributed by atoms with Crippen LogP contribution in [0.2, 0.25) is 5.02 Å². The molecule has 0 fully saturated rings. The maximum absolute atomic E-state index is 15.0. The number of sulfonamides is 4. The maximum atomic E-state index is 15.0. The number of rotatable bonds is 12. The Morgan fingerprint density at radius 1 is 0.457 bits per heavy atom. The van der Waals surface area contributed by atoms with Gasteiger partial charge in [-0.15, -0.1) is 0 Å². The number of anilines is 4. The molecule has 46 heteroatoms. The zero-order valence-corrected chi connectivity index (χ0v) is 76.2. The Morgan fingerprint density at radius 3 is 1.11 bits per heavy atom. The van der Waals surface area contributed by atoms with Gasteiger partial charge in [0.1, 0.15) is 99.1 Å². The van der Waals surface area contributed by atoms with Crippen molar-refractivity contribution in [1.29, 1.82) is 0 Å². The minimum Gasteiger partial charge on any atom is -0.386 e. The molecule has 127 heavy (non-hydrogen) atoms. The Bertz CT molecular complexity index is 6440. The first-order valence-corrected chi connectivity index (χ1v) is 44.5. The van der Waals surface area contributed by atoms with Gasteiger partial charge in [-0.25, -0.2) is 87.7 Å². The van der Waals surface area contributed by atoms with Crippen molar-refractivity contribution in [3.63, 3.8) is 0 Å². The molecule has 5 aromatic heterocycles. The Hall–Kier alpha value is -12.0. The van der Waals surface area contributed by atoms with Crippen LogP contribution in [0.4, 0.5) is 50.4 Å². The van der Waals surface area contributed by atoms with Gasteiger partial charge in [0, 0.05) is 131 Å². The predicted octanol–water partition coefficient (Wildman–Crippen LogP) is 9.23. The highest BCUT2D eigenvalue weighted by atomic mass is 35.5. The van der Waals surface area contributed by atoms with Crippen LogP contribution in [-0.2, 0) is 69.3 Å². The third kappa shape index (κ3) is 19.0. The first-order valence-electron chi connectivity index (χ1n) is 38.4. The zero-order valence-electron chi connectivity index (χ0n) is 72.2. The molecule has 12 N–H and O–H groups in total. The van der Waals surface area contributed by atoms with Gasteiger partial charge >= 0.3 is 0 Å². The fourth-order valence-electron chi connectivity index (χ4n) is 14.1. The lowest BCUT2D eigenvalue weighted by molar-refractivity contribution is 0.0984. The summed E-state index contributed by atoms with van der Waals surface area (Å²) in [7, 11) is -8.07. The van der Waals surface area contributed by atoms with E-state index in [9.17, 15) is 70.4 Å². The van der Waals surface area contributed by atoms with Crippen LogP contribution in [0.5, 0.6) is 0 Å². The van der Waals surface area contributed by atoms with E-state index >= 15 is 4.39 Å². The van der Waals surface area contributed by atoms with Crippen molar-refractivity contribution in [2.75, 3.05) is 75.6 Å². The summed E-state index contributed by atoms with van der Waals surface area (Å²) in [5, 5.41) is 18.1. The van der Waals surface area contributed by atoms with E-state index in [0.29, 0.717) is 22.7 Å². The van der Waals surface area contributed by atoms with Crippen LogP contribution in [0.25, 0.3) is 10.5 Å². The standard InChI is InChI=1S/C23H24FN7O3S.C20H22ClF2N5O3S.C19H25FN6O3S.C19H24FN5O4S/c1-22(2)21(25)29-23(3,13-30(5)35(22,33)34)16-10-15(6-7-17(16)24)27-20(32)18-12-31-9-8-14(26-4)11-19(31)28-18;1-19(2)18(24)27-20(3,10-28(4)32(19,30)31)13-8-12(5-6-14(13)22)26-17(29)16-15(23)7-11(21)9-25-16;1-18(2)17(21)23-19(3,11-26(5)30(18,28)29)13-10-12(6-7-14(13)20)22-16(27)15-8-9-25(4)24-15;1-11-8-15(29-24-11)16(26)22-12-6-7-14(20)13(9-12)19(4)10-25(5)30(27,28)18(2,3)17(21)23-19/h6-12H,13H2,1-3,5H3,(H2,25,29)(H,27,32);5-9H,10H2,1-4H3,(H2,24,27)(H,26,29);6-10H,11H2,1-5H3,(H2,21,23)(H,22,27);6-9H,10H2,1-5H3,(H2,21,23)(H,22,26)/t23-;20-;2*19-/m0000/s1. The van der Waals surface area contributed by atoms with Crippen molar-refractivity contribution < 1.29 is 79.3 Å². The van der Waals surface area contributed by atoms with Gasteiger partial charge in [0.05, 0.1) is 17.3 Å². The molecule has 0 bridgehead atoms. The second-order valence-corrected chi connectivity index (χ2v) is 44.2. The number of hydrogen-bond acceptors (Lipinski definition) is 25. The number of aryl methyl sites for hydroxylation is 2. The Kier molecular flexibility index (Phi) is 26.7. The molecular formula is C81H95ClF5N23O13S4. The summed E-state index contributed by atoms with van der Waals surface area (Å²) in [6.45, 7) is 26.1. The number of halogens is 6. The van der Waals surface area contributed by atoms with Gasteiger partial charge in [-0.05, 0) is 193 Å². The number of aliphatic imine (C=N–C) groups is 4. The molecule has 4 aliphatic heterocycles. The normalized spacial score (nSPS) is 22.8. The second kappa shape index (κ2) is 35.0. The van der Waals surface area contributed by atoms with Crippen LogP contribution in [0.3, 0.4) is 0 Å². The molecule has 9 aromatic rings. The average Bonchev–Trinajstić information content (AvgIpc) is 1.62. The number of carbonyl (C=O) groups is 4. The molecule has 4 aliphatic rings. The summed E-state index contributed by atoms with van der Waals surface area (Å²) in [5.74, 6) is -6.36. The minimum atomic E-state index is -3.87. The van der Waals surface area contributed by atoms with Crippen LogP contribution in [0.1, 0.15) is 153 Å². The van der Waals surface area contributed by atoms with Crippen LogP contribution >= 0.6 is 11.6 Å². The number of nitrogens with one attached hydrogen (secondary N) is 4. The molecule has 0 spiro atoms. The first-order chi connectivity index (χ1) is 58.5. The van der Waals surface area contributed by atoms with Crippen molar-refractivity contribution in [2.24, 2.45) is 50.0 Å². The molecule has 678 valence electrons. The van der Waals surface area contributed by atoms with E-state index in [0.717, 1.165) is 35.6 Å². The summed E-state index contributed by atoms with van der Waals surface area (Å²) in [6.07, 6.45) is 5.90. The quantitative estimate of drug-likeness (QED) is 0.0417. The summed E-state index contributed by atoms with van der Waals surface area (Å²) in [6, 6.07) is 22.8. The number of carbonyl (C=O) groups excluding carboxylic acids is 4. The van der Waals surface area contributed by atoms with E-state index in [4.69, 9.17) is 45.6 Å². The third-order valence-electron chi connectivity index (χ3n) is 22.1. The lowest BCUT2D eigenvalue weighted by Gasteiger charge is -2.29. The van der Waals surface area contributed by atoms with Crippen molar-refractivity contribution >= 4 is 133 Å². The van der Waals surface area contributed by atoms with Crippen LogP contribution in [0, 0.1) is 42.6 Å². The lowest BCUT2D eigenvalue weighted by atomic mass is 9.91. The van der Waals surface area contributed by atoms with Gasteiger partial charge in [-0.2, -0.15) is 5.10 Å². The molecule has 0 aliphatic carbocycles. The predicted molar refractivity (Wildman–Crippen MR) is 471 cm³/mol. The molecular weight excluding hydrogens is 1760 g/mol. The highest BCUT2D eigenvalue weighted by Crippen LogP contribution is 2.43. The minimum absolute atomic E-state index is 0.00235. The van der Waals surface area contributed by atoms with Gasteiger partial charge in [-0.1, -0.05) is 16.8 Å². The largest absolute Gasteiger partial charge is 0.386 e. The molecule has 0 saturated heterocycles. The number of likely N-dealkylation sites (N-methyl/N-ethyl adjacent to an activating group) is 4. The monoisotopic (exact) mass is 1860 g/mol. The number of fused-ring (bicyclic) bond motifs is 1. The summed E-state index contributed by atoms with van der Waals surface area (Å²) < 4.78 is 183. The molecule has 36 nitrogen and oxygen atoms in total. The highest BCUT2D eigenvalue weighted by Gasteiger charge is 2.53. The smallest absolute Gasteiger partial charge is 0.294 e. The molecule has 4 amide bonds. The number of nitrogens with zero attached hydrogens (tertiary/aromatic N) is 15. The number of nitrogens with two attached hydrogens (primary N) is 4. The van der Waals surface area contributed by atoms with E-state index in [1.54, 1.807) is 69.7 Å². The summed E-state index contributed by atoms with van der Waals surface area (Å²) in [4.78, 5) is 78.9. The van der Waals surface area contributed by atoms with Crippen molar-refractivity contribution in [1.82, 2.24) is 46.5 Å². The van der Waals surface area contributed by atoms with Gasteiger partial charge in [0.2, 0.25) is 45.9 Å². The molecule has 0 saturated carbocycles. The van der Waals surface area contributed by atoms with Gasteiger partial charge < -0.3 is 53.1 Å². The van der Waals surface area contributed by atoms with E-state index in [1.807, 2.05) is 0 Å². The van der Waals surface area contributed by atoms with Crippen molar-refractivity contribution in [3.8, 4) is 0 Å². The van der Waals surface area contributed by atoms with Crippen LogP contribution < -0.4 is 44.2 Å². The molecule has 13 rings (SSSR count). The molecule has 4 atom stereocenters. The topological polar surface area (TPSA) is 498 Å². The van der Waals surface area contributed by atoms with Crippen molar-refractivity contribution in [2.45, 2.75) is 131 Å². The molecule has 0 unspecified atom stereocenters. The second-order valence-electron chi connectivity index (χ2n) is 33.3. The highest BCUT2D eigenvalue weighted by molar-refractivity contribution is 7.92. The number of amidine groups is 4. The summed E-state index contributed by atoms with van der Waals surface area (Å²) >= 11 is 5.65. The number of benzene rings is 4. The first kappa shape index (κ1) is 97.2. The Labute approximate surface area is 735 Å². The molecule has 9 heterocycles. The fourth-order valence-corrected chi connectivity index (χ4v) is 20.2. The van der Waals surface area contributed by atoms with E-state index in [2.05, 4.69) is 66.3 Å². The summed E-state index contributed by atoms with van der Waals surface area (Å²) in [5.41, 5.74) is 21.4. The Morgan fingerprint density at radius 2 is 0.795 bits per heavy atom. The van der Waals surface area contributed by atoms with Crippen molar-refractivity contribution in [3.05, 3.63) is 224 Å². The van der Waals surface area contributed by atoms with Crippen LogP contribution in [0.15, 0.2) is 152 Å². The van der Waals surface area contributed by atoms with Gasteiger partial charge in [0.15, 0.2) is 22.9 Å². The number of amides is 4. The van der Waals surface area contributed by atoms with E-state index in [-0.39, 0.29) is 111 Å². The number of aromatic nitrogens is 6. The van der Waals surface area contributed by atoms with Crippen LogP contribution in [-0.4, -0.2) is 201 Å². The molecule has 0 radical (unpaired) electrons. The molecule has 4 aromatic carbocycles. The number of imidazole rings is 1. The Balaban J connectivity index is 0.000000177. The maximum Gasteiger partial charge on any atom is 0.294 e. The number of hydrogen-bond donors (Lipinski definition) is 8. The fraction of sp³-hybridized carbons (Fsp3) is 0.370. The zero-order chi connectivity index (χ0) is 94.8. The van der Waals surface area contributed by atoms with E-state index < -0.39 is 140 Å².